The van der Waals surface area contributed by atoms with Gasteiger partial charge in [-0.05, 0) is 42.8 Å². The molecule has 0 bridgehead atoms. The molecule has 0 radical (unpaired) electrons. The van der Waals surface area contributed by atoms with Gasteiger partial charge < -0.3 is 15.1 Å². The number of rotatable bonds is 9. The fourth-order valence-corrected chi connectivity index (χ4v) is 4.07. The van der Waals surface area contributed by atoms with Gasteiger partial charge in [-0.2, -0.15) is 0 Å². The maximum absolute atomic E-state index is 12.4. The summed E-state index contributed by atoms with van der Waals surface area (Å²) in [6.07, 6.45) is 6.54. The molecule has 166 valence electrons. The molecule has 1 aliphatic heterocycles. The first-order valence-corrected chi connectivity index (χ1v) is 11.6. The lowest BCUT2D eigenvalue weighted by molar-refractivity contribution is -0.131. The summed E-state index contributed by atoms with van der Waals surface area (Å²) in [6, 6.07) is 14.8. The summed E-state index contributed by atoms with van der Waals surface area (Å²) in [5.41, 5.74) is 2.28. The van der Waals surface area contributed by atoms with Crippen molar-refractivity contribution in [2.75, 3.05) is 36.4 Å². The Morgan fingerprint density at radius 3 is 2.26 bits per heavy atom. The highest BCUT2D eigenvalue weighted by Gasteiger charge is 2.21. The van der Waals surface area contributed by atoms with Gasteiger partial charge in [0.2, 0.25) is 5.91 Å². The van der Waals surface area contributed by atoms with Crippen LogP contribution in [0.1, 0.15) is 55.8 Å². The summed E-state index contributed by atoms with van der Waals surface area (Å²) in [6.45, 7) is 5.38. The van der Waals surface area contributed by atoms with Gasteiger partial charge in [0.05, 0.1) is 10.6 Å². The van der Waals surface area contributed by atoms with Gasteiger partial charge in [-0.15, -0.1) is 0 Å². The molecule has 31 heavy (non-hydrogen) atoms. The predicted octanol–water partition coefficient (Wildman–Crippen LogP) is 5.60. The molecular weight excluding hydrogens is 410 g/mol. The number of piperazine rings is 1. The van der Waals surface area contributed by atoms with E-state index in [2.05, 4.69) is 17.1 Å². The third-order valence-corrected chi connectivity index (χ3v) is 6.06. The largest absolute Gasteiger partial charge is 0.368 e. The van der Waals surface area contributed by atoms with Crippen LogP contribution in [0.3, 0.4) is 0 Å². The van der Waals surface area contributed by atoms with Crippen LogP contribution in [-0.2, 0) is 4.79 Å². The van der Waals surface area contributed by atoms with Crippen molar-refractivity contribution in [3.05, 3.63) is 59.1 Å². The minimum Gasteiger partial charge on any atom is -0.368 e. The Balaban J connectivity index is 1.45. The third-order valence-electron chi connectivity index (χ3n) is 5.74. The van der Waals surface area contributed by atoms with Crippen molar-refractivity contribution < 1.29 is 9.59 Å². The quantitative estimate of drug-likeness (QED) is 0.515. The van der Waals surface area contributed by atoms with Crippen molar-refractivity contribution in [1.82, 2.24) is 4.90 Å². The number of carbonyl (C=O) groups is 2. The monoisotopic (exact) mass is 441 g/mol. The number of anilines is 2. The van der Waals surface area contributed by atoms with Gasteiger partial charge in [0, 0.05) is 44.0 Å². The van der Waals surface area contributed by atoms with Crippen LogP contribution >= 0.6 is 11.6 Å². The number of unbranched alkanes of at least 4 members (excludes halogenated alkanes) is 4. The van der Waals surface area contributed by atoms with Gasteiger partial charge in [-0.1, -0.05) is 56.3 Å². The lowest BCUT2D eigenvalue weighted by Crippen LogP contribution is -2.48. The lowest BCUT2D eigenvalue weighted by atomic mass is 10.1. The highest BCUT2D eigenvalue weighted by molar-refractivity contribution is 6.34. The summed E-state index contributed by atoms with van der Waals surface area (Å²) in [5.74, 6) is 0.0638. The van der Waals surface area contributed by atoms with E-state index in [1.807, 2.05) is 29.2 Å². The van der Waals surface area contributed by atoms with E-state index < -0.39 is 0 Å². The zero-order valence-corrected chi connectivity index (χ0v) is 19.0. The summed E-state index contributed by atoms with van der Waals surface area (Å²) in [5, 5.41) is 3.32. The summed E-state index contributed by atoms with van der Waals surface area (Å²) in [7, 11) is 0. The van der Waals surface area contributed by atoms with E-state index in [1.165, 1.54) is 19.3 Å². The first kappa shape index (κ1) is 23.1. The van der Waals surface area contributed by atoms with Crippen LogP contribution in [0.4, 0.5) is 11.4 Å². The Morgan fingerprint density at radius 1 is 0.903 bits per heavy atom. The van der Waals surface area contributed by atoms with Crippen LogP contribution in [0, 0.1) is 0 Å². The first-order valence-electron chi connectivity index (χ1n) is 11.3. The van der Waals surface area contributed by atoms with Gasteiger partial charge in [0.1, 0.15) is 0 Å². The molecule has 0 aromatic heterocycles. The minimum absolute atomic E-state index is 0.222. The molecule has 2 aromatic rings. The normalized spacial score (nSPS) is 13.9. The smallest absolute Gasteiger partial charge is 0.257 e. The van der Waals surface area contributed by atoms with Crippen molar-refractivity contribution in [2.24, 2.45) is 0 Å². The summed E-state index contributed by atoms with van der Waals surface area (Å²) >= 11 is 6.10. The Bertz CT molecular complexity index is 861. The Kier molecular flexibility index (Phi) is 8.77. The molecule has 1 fully saturated rings. The van der Waals surface area contributed by atoms with E-state index in [0.717, 1.165) is 50.4 Å². The van der Waals surface area contributed by atoms with Crippen LogP contribution in [-0.4, -0.2) is 42.9 Å². The third kappa shape index (κ3) is 6.73. The summed E-state index contributed by atoms with van der Waals surface area (Å²) in [4.78, 5) is 29.1. The molecule has 0 atom stereocenters. The number of nitrogens with one attached hydrogen (secondary N) is 1. The number of benzene rings is 2. The SMILES string of the molecule is CCCCCCCC(=O)N1CCN(c2ccc(NC(=O)c3ccccc3Cl)cc2)CC1. The number of hydrogen-bond donors (Lipinski definition) is 1. The first-order chi connectivity index (χ1) is 15.1. The van der Waals surface area contributed by atoms with E-state index in [1.54, 1.807) is 24.3 Å². The van der Waals surface area contributed by atoms with E-state index in [9.17, 15) is 9.59 Å². The van der Waals surface area contributed by atoms with Gasteiger partial charge in [-0.25, -0.2) is 0 Å². The second-order valence-electron chi connectivity index (χ2n) is 8.01. The highest BCUT2D eigenvalue weighted by atomic mass is 35.5. The molecule has 5 nitrogen and oxygen atoms in total. The lowest BCUT2D eigenvalue weighted by Gasteiger charge is -2.36. The number of halogens is 1. The standard InChI is InChI=1S/C25H32ClN3O2/c1-2-3-4-5-6-11-24(30)29-18-16-28(17-19-29)21-14-12-20(13-15-21)27-25(31)22-9-7-8-10-23(22)26/h7-10,12-15H,2-6,11,16-19H2,1H3,(H,27,31). The van der Waals surface area contributed by atoms with Crippen LogP contribution < -0.4 is 10.2 Å². The maximum Gasteiger partial charge on any atom is 0.257 e. The molecule has 3 rings (SSSR count). The van der Waals surface area contributed by atoms with Crippen molar-refractivity contribution in [2.45, 2.75) is 45.4 Å². The summed E-state index contributed by atoms with van der Waals surface area (Å²) < 4.78 is 0. The molecule has 1 aliphatic rings. The Hall–Kier alpha value is -2.53. The number of carbonyl (C=O) groups excluding carboxylic acids is 2. The molecule has 1 heterocycles. The molecule has 1 N–H and O–H groups in total. The van der Waals surface area contributed by atoms with Crippen LogP contribution in [0.25, 0.3) is 0 Å². The number of nitrogens with zero attached hydrogens (tertiary/aromatic N) is 2. The zero-order valence-electron chi connectivity index (χ0n) is 18.3. The second-order valence-corrected chi connectivity index (χ2v) is 8.42. The van der Waals surface area contributed by atoms with E-state index in [4.69, 9.17) is 11.6 Å². The van der Waals surface area contributed by atoms with Crippen LogP contribution in [0.5, 0.6) is 0 Å². The van der Waals surface area contributed by atoms with Gasteiger partial charge >= 0.3 is 0 Å². The Labute approximate surface area is 190 Å². The van der Waals surface area contributed by atoms with Crippen molar-refractivity contribution in [1.29, 1.82) is 0 Å². The van der Waals surface area contributed by atoms with E-state index >= 15 is 0 Å². The highest BCUT2D eigenvalue weighted by Crippen LogP contribution is 2.22. The number of amides is 2. The molecule has 2 amide bonds. The van der Waals surface area contributed by atoms with Gasteiger partial charge in [0.25, 0.3) is 5.91 Å². The molecule has 2 aromatic carbocycles. The molecule has 0 spiro atoms. The Morgan fingerprint density at radius 2 is 1.58 bits per heavy atom. The second kappa shape index (κ2) is 11.8. The van der Waals surface area contributed by atoms with Gasteiger partial charge in [-0.3, -0.25) is 9.59 Å². The zero-order chi connectivity index (χ0) is 22.1. The molecule has 0 aliphatic carbocycles. The molecular formula is C25H32ClN3O2. The van der Waals surface area contributed by atoms with Crippen molar-refractivity contribution >= 4 is 34.8 Å². The fourth-order valence-electron chi connectivity index (χ4n) is 3.85. The molecule has 0 unspecified atom stereocenters. The topological polar surface area (TPSA) is 52.7 Å². The average molecular weight is 442 g/mol. The van der Waals surface area contributed by atoms with Crippen LogP contribution in [0.15, 0.2) is 48.5 Å². The minimum atomic E-state index is -0.222. The fraction of sp³-hybridized carbons (Fsp3) is 0.440. The number of hydrogen-bond acceptors (Lipinski definition) is 3. The molecule has 6 heteroatoms. The average Bonchev–Trinajstić information content (AvgIpc) is 2.79. The van der Waals surface area contributed by atoms with E-state index in [0.29, 0.717) is 17.0 Å². The van der Waals surface area contributed by atoms with Crippen molar-refractivity contribution in [3.8, 4) is 0 Å². The predicted molar refractivity (Wildman–Crippen MR) is 128 cm³/mol. The van der Waals surface area contributed by atoms with E-state index in [-0.39, 0.29) is 11.8 Å². The molecule has 0 saturated carbocycles. The van der Waals surface area contributed by atoms with Crippen molar-refractivity contribution in [3.63, 3.8) is 0 Å². The van der Waals surface area contributed by atoms with Gasteiger partial charge in [0.15, 0.2) is 0 Å². The van der Waals surface area contributed by atoms with Crippen LogP contribution in [0.2, 0.25) is 5.02 Å². The maximum atomic E-state index is 12.4. The molecule has 1 saturated heterocycles.